The second kappa shape index (κ2) is 5.85. The Morgan fingerprint density at radius 2 is 2.05 bits per heavy atom. The van der Waals surface area contributed by atoms with Crippen LogP contribution in [-0.4, -0.2) is 9.55 Å². The standard InChI is InChI=1S/C14H17Cl2N3/c1-9(2)7-19-8-10(3)17-14(19)18-12-6-4-5-11(15)13(12)16/h4-6,8-9H,7H2,1-3H3,(H,17,18). The number of aromatic nitrogens is 2. The van der Waals surface area contributed by atoms with Gasteiger partial charge in [-0.25, -0.2) is 4.98 Å². The van der Waals surface area contributed by atoms with Gasteiger partial charge in [0.05, 0.1) is 21.4 Å². The number of nitrogens with zero attached hydrogens (tertiary/aromatic N) is 2. The summed E-state index contributed by atoms with van der Waals surface area (Å²) in [5.74, 6) is 1.33. The molecule has 0 bridgehead atoms. The van der Waals surface area contributed by atoms with Crippen molar-refractivity contribution in [1.29, 1.82) is 0 Å². The summed E-state index contributed by atoms with van der Waals surface area (Å²) < 4.78 is 2.09. The lowest BCUT2D eigenvalue weighted by molar-refractivity contribution is 0.527. The van der Waals surface area contributed by atoms with E-state index in [0.29, 0.717) is 16.0 Å². The highest BCUT2D eigenvalue weighted by molar-refractivity contribution is 6.43. The number of aryl methyl sites for hydroxylation is 1. The fourth-order valence-electron chi connectivity index (χ4n) is 1.90. The van der Waals surface area contributed by atoms with Crippen LogP contribution in [0.1, 0.15) is 19.5 Å². The average molecular weight is 298 g/mol. The van der Waals surface area contributed by atoms with Crippen LogP contribution in [-0.2, 0) is 6.54 Å². The maximum atomic E-state index is 6.18. The van der Waals surface area contributed by atoms with E-state index in [1.807, 2.05) is 25.3 Å². The number of rotatable bonds is 4. The van der Waals surface area contributed by atoms with Crippen LogP contribution in [0.25, 0.3) is 0 Å². The highest BCUT2D eigenvalue weighted by Crippen LogP contribution is 2.31. The Morgan fingerprint density at radius 1 is 1.32 bits per heavy atom. The molecule has 102 valence electrons. The molecule has 3 nitrogen and oxygen atoms in total. The van der Waals surface area contributed by atoms with Crippen LogP contribution in [0.5, 0.6) is 0 Å². The molecule has 0 aliphatic heterocycles. The van der Waals surface area contributed by atoms with Crippen molar-refractivity contribution in [2.45, 2.75) is 27.3 Å². The summed E-state index contributed by atoms with van der Waals surface area (Å²) in [6, 6.07) is 5.51. The number of hydrogen-bond acceptors (Lipinski definition) is 2. The molecule has 1 aromatic carbocycles. The Morgan fingerprint density at radius 3 is 2.74 bits per heavy atom. The van der Waals surface area contributed by atoms with Crippen molar-refractivity contribution in [1.82, 2.24) is 9.55 Å². The number of benzene rings is 1. The highest BCUT2D eigenvalue weighted by Gasteiger charge is 2.10. The van der Waals surface area contributed by atoms with Crippen molar-refractivity contribution in [2.75, 3.05) is 5.32 Å². The number of halogens is 2. The zero-order valence-corrected chi connectivity index (χ0v) is 12.8. The molecule has 1 heterocycles. The zero-order valence-electron chi connectivity index (χ0n) is 11.2. The molecule has 0 saturated heterocycles. The fourth-order valence-corrected chi connectivity index (χ4v) is 2.25. The first kappa shape index (κ1) is 14.2. The first-order valence-electron chi connectivity index (χ1n) is 6.22. The number of imidazole rings is 1. The maximum Gasteiger partial charge on any atom is 0.207 e. The first-order valence-corrected chi connectivity index (χ1v) is 6.97. The molecule has 2 aromatic rings. The van der Waals surface area contributed by atoms with Gasteiger partial charge in [0.25, 0.3) is 0 Å². The SMILES string of the molecule is Cc1cn(CC(C)C)c(Nc2cccc(Cl)c2Cl)n1. The number of anilines is 2. The van der Waals surface area contributed by atoms with E-state index in [4.69, 9.17) is 23.2 Å². The van der Waals surface area contributed by atoms with Crippen molar-refractivity contribution in [3.63, 3.8) is 0 Å². The molecule has 1 aromatic heterocycles. The van der Waals surface area contributed by atoms with Gasteiger partial charge >= 0.3 is 0 Å². The number of hydrogen-bond donors (Lipinski definition) is 1. The Balaban J connectivity index is 2.30. The average Bonchev–Trinajstić information content (AvgIpc) is 2.64. The van der Waals surface area contributed by atoms with Crippen LogP contribution in [0, 0.1) is 12.8 Å². The summed E-state index contributed by atoms with van der Waals surface area (Å²) >= 11 is 12.2. The molecule has 0 spiro atoms. The van der Waals surface area contributed by atoms with E-state index in [1.54, 1.807) is 6.07 Å². The molecule has 19 heavy (non-hydrogen) atoms. The van der Waals surface area contributed by atoms with E-state index in [0.717, 1.165) is 23.9 Å². The topological polar surface area (TPSA) is 29.9 Å². The Bertz CT molecular complexity index is 576. The number of nitrogens with one attached hydrogen (secondary N) is 1. The van der Waals surface area contributed by atoms with Gasteiger partial charge in [0, 0.05) is 12.7 Å². The van der Waals surface area contributed by atoms with Crippen molar-refractivity contribution in [3.8, 4) is 0 Å². The minimum atomic E-state index is 0.515. The quantitative estimate of drug-likeness (QED) is 0.870. The van der Waals surface area contributed by atoms with E-state index < -0.39 is 0 Å². The Labute approximate surface area is 123 Å². The molecule has 0 aliphatic carbocycles. The second-order valence-corrected chi connectivity index (χ2v) is 5.76. The predicted molar refractivity (Wildman–Crippen MR) is 81.5 cm³/mol. The summed E-state index contributed by atoms with van der Waals surface area (Å²) in [6.45, 7) is 7.22. The van der Waals surface area contributed by atoms with Crippen LogP contribution >= 0.6 is 23.2 Å². The third-order valence-electron chi connectivity index (χ3n) is 2.66. The largest absolute Gasteiger partial charge is 0.324 e. The lowest BCUT2D eigenvalue weighted by atomic mass is 10.2. The zero-order chi connectivity index (χ0) is 14.0. The lowest BCUT2D eigenvalue weighted by Crippen LogP contribution is -2.07. The van der Waals surface area contributed by atoms with E-state index in [2.05, 4.69) is 28.7 Å². The maximum absolute atomic E-state index is 6.18. The van der Waals surface area contributed by atoms with Crippen LogP contribution in [0.15, 0.2) is 24.4 Å². The van der Waals surface area contributed by atoms with Gasteiger partial charge in [0.1, 0.15) is 0 Å². The molecular formula is C14H17Cl2N3. The van der Waals surface area contributed by atoms with Crippen molar-refractivity contribution in [2.24, 2.45) is 5.92 Å². The molecule has 0 amide bonds. The minimum Gasteiger partial charge on any atom is -0.324 e. The fraction of sp³-hybridized carbons (Fsp3) is 0.357. The van der Waals surface area contributed by atoms with Crippen LogP contribution in [0.4, 0.5) is 11.6 Å². The van der Waals surface area contributed by atoms with Gasteiger partial charge in [-0.05, 0) is 25.0 Å². The lowest BCUT2D eigenvalue weighted by Gasteiger charge is -2.13. The molecular weight excluding hydrogens is 281 g/mol. The van der Waals surface area contributed by atoms with Gasteiger partial charge in [-0.2, -0.15) is 0 Å². The van der Waals surface area contributed by atoms with E-state index >= 15 is 0 Å². The van der Waals surface area contributed by atoms with E-state index in [1.165, 1.54) is 0 Å². The molecule has 1 N–H and O–H groups in total. The third kappa shape index (κ3) is 3.43. The van der Waals surface area contributed by atoms with E-state index in [-0.39, 0.29) is 0 Å². The van der Waals surface area contributed by atoms with Crippen LogP contribution < -0.4 is 5.32 Å². The molecule has 5 heteroatoms. The Hall–Kier alpha value is -1.19. The van der Waals surface area contributed by atoms with Gasteiger partial charge < -0.3 is 9.88 Å². The summed E-state index contributed by atoms with van der Waals surface area (Å²) in [5, 5.41) is 4.29. The van der Waals surface area contributed by atoms with Crippen molar-refractivity contribution in [3.05, 3.63) is 40.1 Å². The third-order valence-corrected chi connectivity index (χ3v) is 3.48. The van der Waals surface area contributed by atoms with Gasteiger partial charge in [-0.3, -0.25) is 0 Å². The van der Waals surface area contributed by atoms with Gasteiger partial charge in [-0.15, -0.1) is 0 Å². The summed E-state index contributed by atoms with van der Waals surface area (Å²) in [7, 11) is 0. The molecule has 0 fully saturated rings. The van der Waals surface area contributed by atoms with Crippen LogP contribution in [0.3, 0.4) is 0 Å². The van der Waals surface area contributed by atoms with Crippen LogP contribution in [0.2, 0.25) is 10.0 Å². The first-order chi connectivity index (χ1) is 8.97. The molecule has 2 rings (SSSR count). The van der Waals surface area contributed by atoms with Crippen molar-refractivity contribution < 1.29 is 0 Å². The molecule has 0 saturated carbocycles. The summed E-state index contributed by atoms with van der Waals surface area (Å²) in [4.78, 5) is 4.48. The molecule has 0 aliphatic rings. The predicted octanol–water partition coefficient (Wildman–Crippen LogP) is 4.90. The smallest absolute Gasteiger partial charge is 0.207 e. The monoisotopic (exact) mass is 297 g/mol. The van der Waals surface area contributed by atoms with Gasteiger partial charge in [0.15, 0.2) is 0 Å². The van der Waals surface area contributed by atoms with Gasteiger partial charge in [0.2, 0.25) is 5.95 Å². The molecule has 0 atom stereocenters. The highest BCUT2D eigenvalue weighted by atomic mass is 35.5. The molecule has 0 unspecified atom stereocenters. The second-order valence-electron chi connectivity index (χ2n) is 4.98. The summed E-state index contributed by atoms with van der Waals surface area (Å²) in [6.07, 6.45) is 2.03. The molecule has 0 radical (unpaired) electrons. The minimum absolute atomic E-state index is 0.515. The van der Waals surface area contributed by atoms with Gasteiger partial charge in [-0.1, -0.05) is 43.1 Å². The van der Waals surface area contributed by atoms with E-state index in [9.17, 15) is 0 Å². The normalized spacial score (nSPS) is 11.1. The van der Waals surface area contributed by atoms with Crippen molar-refractivity contribution >= 4 is 34.8 Å². The Kier molecular flexibility index (Phi) is 4.38. The summed E-state index contributed by atoms with van der Waals surface area (Å²) in [5.41, 5.74) is 1.74.